The van der Waals surface area contributed by atoms with Crippen LogP contribution < -0.4 is 4.31 Å². The Hall–Kier alpha value is -2.71. The van der Waals surface area contributed by atoms with Crippen molar-refractivity contribution in [3.8, 4) is 0 Å². The molecule has 0 radical (unpaired) electrons. The van der Waals surface area contributed by atoms with Gasteiger partial charge in [0.1, 0.15) is 5.00 Å². The molecule has 32 heavy (non-hydrogen) atoms. The van der Waals surface area contributed by atoms with E-state index in [9.17, 15) is 18.7 Å². The van der Waals surface area contributed by atoms with Gasteiger partial charge in [-0.25, -0.2) is 4.79 Å². The number of hydrogen-bond acceptors (Lipinski definition) is 4. The van der Waals surface area contributed by atoms with E-state index in [1.54, 1.807) is 30.3 Å². The first kappa shape index (κ1) is 22.5. The van der Waals surface area contributed by atoms with E-state index in [2.05, 4.69) is 0 Å². The van der Waals surface area contributed by atoms with Gasteiger partial charge in [0.2, 0.25) is 0 Å². The molecule has 0 amide bonds. The van der Waals surface area contributed by atoms with Crippen LogP contribution >= 0.6 is 22.9 Å². The van der Waals surface area contributed by atoms with Gasteiger partial charge in [0.15, 0.2) is 0 Å². The minimum absolute atomic E-state index is 0.283. The third-order valence-electron chi connectivity index (χ3n) is 5.28. The lowest BCUT2D eigenvalue weighted by molar-refractivity contribution is 0.0695. The number of carboxylic acids is 1. The second-order valence-corrected chi connectivity index (χ2v) is 9.58. The summed E-state index contributed by atoms with van der Waals surface area (Å²) in [6.07, 6.45) is 1.12. The molecule has 5 nitrogen and oxygen atoms in total. The van der Waals surface area contributed by atoms with Crippen LogP contribution in [0.1, 0.15) is 27.0 Å². The molecule has 164 valence electrons. The largest absolute Gasteiger partial charge is 0.755 e. The molecule has 0 fully saturated rings. The van der Waals surface area contributed by atoms with E-state index in [0.717, 1.165) is 26.8 Å². The van der Waals surface area contributed by atoms with E-state index < -0.39 is 17.2 Å². The van der Waals surface area contributed by atoms with E-state index >= 15 is 0 Å². The molecule has 0 aliphatic carbocycles. The predicted octanol–water partition coefficient (Wildman–Crippen LogP) is 6.28. The Labute approximate surface area is 197 Å². The first-order valence-electron chi connectivity index (χ1n) is 9.83. The van der Waals surface area contributed by atoms with Crippen LogP contribution in [0.2, 0.25) is 5.02 Å². The van der Waals surface area contributed by atoms with Gasteiger partial charge in [0.25, 0.3) is 0 Å². The van der Waals surface area contributed by atoms with Crippen molar-refractivity contribution in [2.45, 2.75) is 19.8 Å². The molecule has 8 heteroatoms. The van der Waals surface area contributed by atoms with E-state index in [4.69, 9.17) is 11.6 Å². The van der Waals surface area contributed by atoms with Crippen LogP contribution in [0.25, 0.3) is 10.1 Å². The number of aryl methyl sites for hydroxylation is 3. The Bertz CT molecular complexity index is 1330. The highest BCUT2D eigenvalue weighted by Gasteiger charge is 2.19. The number of thiophene rings is 1. The molecule has 1 N–H and O–H groups in total. The lowest BCUT2D eigenvalue weighted by Crippen LogP contribution is -2.19. The van der Waals surface area contributed by atoms with Crippen molar-refractivity contribution in [2.75, 3.05) is 4.31 Å². The summed E-state index contributed by atoms with van der Waals surface area (Å²) in [5.41, 5.74) is 3.32. The zero-order valence-corrected chi connectivity index (χ0v) is 19.5. The van der Waals surface area contributed by atoms with Crippen LogP contribution in [0.5, 0.6) is 0 Å². The van der Waals surface area contributed by atoms with Crippen molar-refractivity contribution in [2.24, 2.45) is 0 Å². The number of halogens is 1. The molecule has 0 aliphatic rings. The molecule has 4 rings (SSSR count). The van der Waals surface area contributed by atoms with E-state index in [1.165, 1.54) is 15.6 Å². The van der Waals surface area contributed by atoms with E-state index in [1.807, 2.05) is 43.3 Å². The van der Waals surface area contributed by atoms with E-state index in [0.29, 0.717) is 28.6 Å². The topological polar surface area (TPSA) is 80.7 Å². The summed E-state index contributed by atoms with van der Waals surface area (Å²) < 4.78 is 26.7. The average molecular weight is 485 g/mol. The van der Waals surface area contributed by atoms with Crippen molar-refractivity contribution in [1.82, 2.24) is 0 Å². The third-order valence-corrected chi connectivity index (χ3v) is 7.58. The fraction of sp³-hybridized carbons (Fsp3) is 0.125. The fourth-order valence-electron chi connectivity index (χ4n) is 3.71. The standard InChI is InChI=1S/C24H20ClNO4S2/c1-15-21-14-18(25)11-12-22(21)31-23(15)26(32(29)30)19-7-4-5-16(13-19)9-10-17-6-2-3-8-20(17)24(27)28/h2-8,11-14H,9-10H2,1H3,(H,27,28)(H,29,30)/p-1. The molecule has 0 saturated carbocycles. The number of carboxylic acid groups (broad SMARTS) is 1. The second-order valence-electron chi connectivity index (χ2n) is 7.32. The molecule has 4 aromatic rings. The van der Waals surface area contributed by atoms with Crippen LogP contribution in [0, 0.1) is 6.92 Å². The zero-order valence-electron chi connectivity index (χ0n) is 17.1. The molecule has 1 unspecified atom stereocenters. The van der Waals surface area contributed by atoms with Gasteiger partial charge in [-0.05, 0) is 78.2 Å². The third kappa shape index (κ3) is 4.56. The number of aromatic carboxylic acids is 1. The van der Waals surface area contributed by atoms with Crippen LogP contribution in [0.15, 0.2) is 66.7 Å². The van der Waals surface area contributed by atoms with Crippen LogP contribution in [0.4, 0.5) is 10.7 Å². The van der Waals surface area contributed by atoms with E-state index in [-0.39, 0.29) is 5.56 Å². The minimum Gasteiger partial charge on any atom is -0.755 e. The number of nitrogens with zero attached hydrogens (tertiary/aromatic N) is 1. The van der Waals surface area contributed by atoms with Gasteiger partial charge in [0.05, 0.1) is 22.5 Å². The smallest absolute Gasteiger partial charge is 0.335 e. The lowest BCUT2D eigenvalue weighted by Gasteiger charge is -2.26. The first-order valence-corrected chi connectivity index (χ1v) is 12.1. The number of anilines is 2. The van der Waals surface area contributed by atoms with Crippen LogP contribution in [-0.4, -0.2) is 19.8 Å². The van der Waals surface area contributed by atoms with Crippen molar-refractivity contribution in [3.63, 3.8) is 0 Å². The Balaban J connectivity index is 1.66. The summed E-state index contributed by atoms with van der Waals surface area (Å²) in [5.74, 6) is -0.956. The molecule has 0 aliphatic heterocycles. The first-order chi connectivity index (χ1) is 15.3. The predicted molar refractivity (Wildman–Crippen MR) is 130 cm³/mol. The number of rotatable bonds is 7. The molecule has 0 saturated heterocycles. The number of fused-ring (bicyclic) bond motifs is 1. The van der Waals surface area contributed by atoms with Gasteiger partial charge < -0.3 is 9.66 Å². The molecule has 1 atom stereocenters. The van der Waals surface area contributed by atoms with Crippen molar-refractivity contribution < 1.29 is 18.7 Å². The van der Waals surface area contributed by atoms with Gasteiger partial charge in [-0.2, -0.15) is 0 Å². The second kappa shape index (κ2) is 9.42. The number of carbonyl (C=O) groups is 1. The maximum absolute atomic E-state index is 12.2. The van der Waals surface area contributed by atoms with Gasteiger partial charge in [-0.15, -0.1) is 11.3 Å². The highest BCUT2D eigenvalue weighted by molar-refractivity contribution is 7.81. The van der Waals surface area contributed by atoms with Gasteiger partial charge in [-0.1, -0.05) is 41.9 Å². The molecular weight excluding hydrogens is 466 g/mol. The Morgan fingerprint density at radius 2 is 1.88 bits per heavy atom. The van der Waals surface area contributed by atoms with Gasteiger partial charge in [-0.3, -0.25) is 8.51 Å². The summed E-state index contributed by atoms with van der Waals surface area (Å²) in [6.45, 7) is 1.89. The highest BCUT2D eigenvalue weighted by Crippen LogP contribution is 2.42. The number of hydrogen-bond donors (Lipinski definition) is 1. The quantitative estimate of drug-likeness (QED) is 0.313. The van der Waals surface area contributed by atoms with Crippen molar-refractivity contribution >= 4 is 60.9 Å². The minimum atomic E-state index is -2.52. The maximum Gasteiger partial charge on any atom is 0.335 e. The summed E-state index contributed by atoms with van der Waals surface area (Å²) in [7, 11) is 0. The SMILES string of the molecule is Cc1c(N(c2cccc(CCc3ccccc3C(=O)O)c2)S(=O)[O-])sc2ccc(Cl)cc12. The molecule has 0 spiro atoms. The summed E-state index contributed by atoms with van der Waals surface area (Å²) in [4.78, 5) is 11.5. The Kier molecular flexibility index (Phi) is 6.62. The normalized spacial score (nSPS) is 12.1. The monoisotopic (exact) mass is 484 g/mol. The van der Waals surface area contributed by atoms with Crippen LogP contribution in [-0.2, 0) is 24.1 Å². The van der Waals surface area contributed by atoms with Crippen molar-refractivity contribution in [1.29, 1.82) is 0 Å². The maximum atomic E-state index is 12.2. The summed E-state index contributed by atoms with van der Waals surface area (Å²) in [6, 6.07) is 19.7. The molecule has 3 aromatic carbocycles. The zero-order chi connectivity index (χ0) is 22.8. The molecule has 0 bridgehead atoms. The summed E-state index contributed by atoms with van der Waals surface area (Å²) in [5, 5.41) is 11.5. The Morgan fingerprint density at radius 1 is 1.09 bits per heavy atom. The lowest BCUT2D eigenvalue weighted by atomic mass is 9.99. The van der Waals surface area contributed by atoms with Gasteiger partial charge in [0, 0.05) is 9.72 Å². The highest BCUT2D eigenvalue weighted by atomic mass is 35.5. The van der Waals surface area contributed by atoms with Crippen LogP contribution in [0.3, 0.4) is 0 Å². The fourth-order valence-corrected chi connectivity index (χ4v) is 5.85. The number of benzene rings is 3. The molecular formula is C24H19ClNO4S2-. The van der Waals surface area contributed by atoms with Gasteiger partial charge >= 0.3 is 5.97 Å². The Morgan fingerprint density at radius 3 is 2.62 bits per heavy atom. The molecule has 1 heterocycles. The van der Waals surface area contributed by atoms with Crippen molar-refractivity contribution in [3.05, 3.63) is 94.0 Å². The summed E-state index contributed by atoms with van der Waals surface area (Å²) >= 11 is 5.00. The average Bonchev–Trinajstić information content (AvgIpc) is 3.08. The molecule has 1 aromatic heterocycles.